The van der Waals surface area contributed by atoms with Crippen LogP contribution in [0.2, 0.25) is 13.4 Å². The standard InChI is InChI=1S/C6H15Te.HI/c1-4-7(5-2)6-3;/h4-6H2,1-3H3;1H/q+1;/p-1. The minimum absolute atomic E-state index is 0. The van der Waals surface area contributed by atoms with E-state index in [1.807, 2.05) is 0 Å². The summed E-state index contributed by atoms with van der Waals surface area (Å²) in [6.45, 7) is 7.01. The smallest absolute Gasteiger partial charge is 1.00 e. The fourth-order valence-electron chi connectivity index (χ4n) is 0.612. The maximum absolute atomic E-state index is 2.34. The van der Waals surface area contributed by atoms with Crippen LogP contribution in [0.3, 0.4) is 0 Å². The van der Waals surface area contributed by atoms with E-state index in [0.717, 1.165) is 0 Å². The van der Waals surface area contributed by atoms with Gasteiger partial charge in [-0.3, -0.25) is 0 Å². The molecule has 0 radical (unpaired) electrons. The van der Waals surface area contributed by atoms with Crippen LogP contribution in [0.15, 0.2) is 0 Å². The molecule has 0 aliphatic heterocycles. The topological polar surface area (TPSA) is 0 Å². The Kier molecular flexibility index (Phi) is 13.0. The summed E-state index contributed by atoms with van der Waals surface area (Å²) in [5, 5.41) is 0. The van der Waals surface area contributed by atoms with Gasteiger partial charge in [-0.1, -0.05) is 0 Å². The number of rotatable bonds is 3. The largest absolute Gasteiger partial charge is 1.00 e. The Morgan fingerprint density at radius 1 is 0.875 bits per heavy atom. The number of halogens is 1. The molecule has 0 aromatic rings. The van der Waals surface area contributed by atoms with Crippen molar-refractivity contribution in [3.05, 3.63) is 0 Å². The third kappa shape index (κ3) is 5.65. The van der Waals surface area contributed by atoms with Crippen molar-refractivity contribution in [3.63, 3.8) is 0 Å². The molecule has 0 nitrogen and oxygen atoms in total. The average Bonchev–Trinajstić information content (AvgIpc) is 1.72. The van der Waals surface area contributed by atoms with Crippen LogP contribution in [0.25, 0.3) is 0 Å². The first-order valence-electron chi connectivity index (χ1n) is 2.99. The molecular weight excluding hydrogens is 327 g/mol. The monoisotopic (exact) mass is 344 g/mol. The Morgan fingerprint density at radius 3 is 1.12 bits per heavy atom. The summed E-state index contributed by atoms with van der Waals surface area (Å²) in [5.74, 6) is 0. The molecule has 0 aliphatic rings. The fourth-order valence-corrected chi connectivity index (χ4v) is 4.11. The molecule has 0 rings (SSSR count). The average molecular weight is 342 g/mol. The van der Waals surface area contributed by atoms with E-state index in [1.54, 1.807) is 0 Å². The quantitative estimate of drug-likeness (QED) is 0.482. The van der Waals surface area contributed by atoms with Crippen molar-refractivity contribution in [2.24, 2.45) is 0 Å². The third-order valence-electron chi connectivity index (χ3n) is 1.22. The van der Waals surface area contributed by atoms with Gasteiger partial charge in [-0.2, -0.15) is 0 Å². The number of hydrogen-bond acceptors (Lipinski definition) is 0. The van der Waals surface area contributed by atoms with Gasteiger partial charge in [0, 0.05) is 0 Å². The second-order valence-corrected chi connectivity index (χ2v) is 9.92. The van der Waals surface area contributed by atoms with E-state index < -0.39 is 19.6 Å². The summed E-state index contributed by atoms with van der Waals surface area (Å²) >= 11 is -0.431. The van der Waals surface area contributed by atoms with Crippen LogP contribution in [0.1, 0.15) is 20.8 Å². The zero-order valence-corrected chi connectivity index (χ0v) is 10.4. The Labute approximate surface area is 77.1 Å². The molecule has 0 saturated heterocycles. The van der Waals surface area contributed by atoms with Gasteiger partial charge in [-0.05, 0) is 0 Å². The summed E-state index contributed by atoms with van der Waals surface area (Å²) < 4.78 is 4.57. The molecular formula is C6H15ITe. The summed E-state index contributed by atoms with van der Waals surface area (Å²) in [7, 11) is 0. The first-order valence-corrected chi connectivity index (χ1v) is 7.93. The van der Waals surface area contributed by atoms with Crippen LogP contribution in [-0.2, 0) is 0 Å². The molecule has 0 amide bonds. The van der Waals surface area contributed by atoms with E-state index in [1.165, 1.54) is 13.4 Å². The predicted octanol–water partition coefficient (Wildman–Crippen LogP) is -0.455. The zero-order valence-electron chi connectivity index (χ0n) is 5.91. The van der Waals surface area contributed by atoms with Gasteiger partial charge in [0.15, 0.2) is 0 Å². The van der Waals surface area contributed by atoms with Crippen molar-refractivity contribution in [1.29, 1.82) is 0 Å². The Morgan fingerprint density at radius 2 is 1.12 bits per heavy atom. The Balaban J connectivity index is 0. The van der Waals surface area contributed by atoms with Crippen LogP contribution >= 0.6 is 0 Å². The summed E-state index contributed by atoms with van der Waals surface area (Å²) in [6.07, 6.45) is 0. The molecule has 0 spiro atoms. The second-order valence-electron chi connectivity index (χ2n) is 1.48. The molecule has 0 atom stereocenters. The molecule has 0 aromatic carbocycles. The van der Waals surface area contributed by atoms with Gasteiger partial charge in [-0.25, -0.2) is 0 Å². The second kappa shape index (κ2) is 8.52. The normalized spacial score (nSPS) is 9.00. The zero-order chi connectivity index (χ0) is 5.70. The SMILES string of the molecule is CC[Te+](CC)CC.[I-]. The van der Waals surface area contributed by atoms with Crippen LogP contribution in [0, 0.1) is 0 Å². The van der Waals surface area contributed by atoms with Gasteiger partial charge < -0.3 is 24.0 Å². The Bertz CT molecular complexity index is 30.0. The van der Waals surface area contributed by atoms with Gasteiger partial charge in [0.05, 0.1) is 0 Å². The molecule has 8 heavy (non-hydrogen) atoms. The van der Waals surface area contributed by atoms with E-state index in [2.05, 4.69) is 20.8 Å². The molecule has 0 unspecified atom stereocenters. The maximum atomic E-state index is 2.34. The van der Waals surface area contributed by atoms with Crippen molar-refractivity contribution in [2.45, 2.75) is 34.2 Å². The minimum Gasteiger partial charge on any atom is -1.00 e. The van der Waals surface area contributed by atoms with Crippen molar-refractivity contribution >= 4 is 19.6 Å². The summed E-state index contributed by atoms with van der Waals surface area (Å²) in [6, 6.07) is 0. The van der Waals surface area contributed by atoms with E-state index >= 15 is 0 Å². The van der Waals surface area contributed by atoms with E-state index in [4.69, 9.17) is 0 Å². The molecule has 2 heteroatoms. The predicted molar refractivity (Wildman–Crippen MR) is 37.2 cm³/mol. The van der Waals surface area contributed by atoms with Crippen molar-refractivity contribution < 1.29 is 24.0 Å². The first-order chi connectivity index (χ1) is 3.35. The van der Waals surface area contributed by atoms with Crippen LogP contribution in [0.5, 0.6) is 0 Å². The fraction of sp³-hybridized carbons (Fsp3) is 1.00. The van der Waals surface area contributed by atoms with Gasteiger partial charge in [-0.15, -0.1) is 0 Å². The van der Waals surface area contributed by atoms with Crippen LogP contribution < -0.4 is 24.0 Å². The molecule has 0 fully saturated rings. The third-order valence-corrected chi connectivity index (χ3v) is 8.22. The molecule has 0 N–H and O–H groups in total. The molecule has 0 aliphatic carbocycles. The van der Waals surface area contributed by atoms with E-state index in [9.17, 15) is 0 Å². The first kappa shape index (κ1) is 12.2. The molecule has 0 heterocycles. The number of hydrogen-bond donors (Lipinski definition) is 0. The van der Waals surface area contributed by atoms with Gasteiger partial charge in [0.2, 0.25) is 0 Å². The molecule has 0 bridgehead atoms. The van der Waals surface area contributed by atoms with Crippen molar-refractivity contribution in [1.82, 2.24) is 0 Å². The summed E-state index contributed by atoms with van der Waals surface area (Å²) in [4.78, 5) is 0. The van der Waals surface area contributed by atoms with Gasteiger partial charge in [0.1, 0.15) is 0 Å². The van der Waals surface area contributed by atoms with Crippen molar-refractivity contribution in [2.75, 3.05) is 0 Å². The van der Waals surface area contributed by atoms with E-state index in [0.29, 0.717) is 0 Å². The summed E-state index contributed by atoms with van der Waals surface area (Å²) in [5.41, 5.74) is 0. The molecule has 52 valence electrons. The van der Waals surface area contributed by atoms with Crippen LogP contribution in [-0.4, -0.2) is 19.6 Å². The van der Waals surface area contributed by atoms with Gasteiger partial charge in [0.25, 0.3) is 0 Å². The van der Waals surface area contributed by atoms with Crippen LogP contribution in [0.4, 0.5) is 0 Å². The maximum Gasteiger partial charge on any atom is -1.00 e. The Hall–Kier alpha value is 1.52. The van der Waals surface area contributed by atoms with Crippen molar-refractivity contribution in [3.8, 4) is 0 Å². The minimum atomic E-state index is -0.431. The van der Waals surface area contributed by atoms with Gasteiger partial charge >= 0.3 is 53.7 Å². The van der Waals surface area contributed by atoms with E-state index in [-0.39, 0.29) is 24.0 Å². The molecule has 0 saturated carbocycles. The molecule has 0 aromatic heterocycles.